The molecule has 0 spiro atoms. The molecule has 0 aliphatic carbocycles. The standard InChI is InChI=1S/C12H11BrFNS/c13-12-8(3-1-4-9(12)14)7-10(15)11-5-2-6-16-11/h1-6,10H,7,15H2. The fraction of sp³-hybridized carbons (Fsp3) is 0.167. The SMILES string of the molecule is NC(Cc1cccc(F)c1Br)c1cccs1. The molecule has 1 heterocycles. The predicted octanol–water partition coefficient (Wildman–Crippen LogP) is 3.89. The largest absolute Gasteiger partial charge is 0.323 e. The zero-order valence-electron chi connectivity index (χ0n) is 8.49. The molecule has 0 amide bonds. The highest BCUT2D eigenvalue weighted by molar-refractivity contribution is 9.10. The van der Waals surface area contributed by atoms with E-state index in [1.807, 2.05) is 23.6 Å². The van der Waals surface area contributed by atoms with Gasteiger partial charge in [0.05, 0.1) is 4.47 Å². The minimum atomic E-state index is -0.240. The fourth-order valence-electron chi connectivity index (χ4n) is 1.55. The van der Waals surface area contributed by atoms with Crippen LogP contribution < -0.4 is 5.73 Å². The Morgan fingerprint density at radius 1 is 1.31 bits per heavy atom. The van der Waals surface area contributed by atoms with Crippen molar-refractivity contribution < 1.29 is 4.39 Å². The molecule has 4 heteroatoms. The number of rotatable bonds is 3. The van der Waals surface area contributed by atoms with Gasteiger partial charge in [0.2, 0.25) is 0 Å². The first-order valence-electron chi connectivity index (χ1n) is 4.90. The van der Waals surface area contributed by atoms with E-state index in [4.69, 9.17) is 5.73 Å². The molecule has 0 radical (unpaired) electrons. The van der Waals surface area contributed by atoms with Crippen LogP contribution in [0.15, 0.2) is 40.2 Å². The van der Waals surface area contributed by atoms with E-state index in [0.29, 0.717) is 10.9 Å². The molecule has 2 aromatic rings. The summed E-state index contributed by atoms with van der Waals surface area (Å²) >= 11 is 4.87. The zero-order chi connectivity index (χ0) is 11.5. The molecule has 0 aliphatic heterocycles. The summed E-state index contributed by atoms with van der Waals surface area (Å²) in [5.74, 6) is -0.240. The summed E-state index contributed by atoms with van der Waals surface area (Å²) in [6.45, 7) is 0. The van der Waals surface area contributed by atoms with Crippen molar-refractivity contribution >= 4 is 27.3 Å². The lowest BCUT2D eigenvalue weighted by Gasteiger charge is -2.11. The second kappa shape index (κ2) is 5.08. The highest BCUT2D eigenvalue weighted by atomic mass is 79.9. The number of hydrogen-bond acceptors (Lipinski definition) is 2. The van der Waals surface area contributed by atoms with E-state index in [-0.39, 0.29) is 11.9 Å². The van der Waals surface area contributed by atoms with E-state index in [1.54, 1.807) is 17.4 Å². The molecule has 2 rings (SSSR count). The molecule has 0 bridgehead atoms. The quantitative estimate of drug-likeness (QED) is 0.914. The van der Waals surface area contributed by atoms with Crippen LogP contribution in [0.4, 0.5) is 4.39 Å². The average molecular weight is 300 g/mol. The van der Waals surface area contributed by atoms with Crippen LogP contribution in [0.25, 0.3) is 0 Å². The molecular weight excluding hydrogens is 289 g/mol. The summed E-state index contributed by atoms with van der Waals surface area (Å²) in [5, 5.41) is 2.00. The summed E-state index contributed by atoms with van der Waals surface area (Å²) in [7, 11) is 0. The maximum Gasteiger partial charge on any atom is 0.137 e. The second-order valence-corrected chi connectivity index (χ2v) is 5.31. The van der Waals surface area contributed by atoms with Crippen molar-refractivity contribution in [3.8, 4) is 0 Å². The van der Waals surface area contributed by atoms with Crippen LogP contribution >= 0.6 is 27.3 Å². The third kappa shape index (κ3) is 2.51. The van der Waals surface area contributed by atoms with Crippen molar-refractivity contribution in [2.45, 2.75) is 12.5 Å². The third-order valence-electron chi connectivity index (χ3n) is 2.38. The first-order valence-corrected chi connectivity index (χ1v) is 6.57. The highest BCUT2D eigenvalue weighted by Gasteiger charge is 2.11. The van der Waals surface area contributed by atoms with Gasteiger partial charge in [-0.1, -0.05) is 18.2 Å². The molecule has 1 unspecified atom stereocenters. The molecule has 0 saturated heterocycles. The lowest BCUT2D eigenvalue weighted by atomic mass is 10.1. The van der Waals surface area contributed by atoms with Crippen LogP contribution in [0, 0.1) is 5.82 Å². The first kappa shape index (κ1) is 11.8. The topological polar surface area (TPSA) is 26.0 Å². The monoisotopic (exact) mass is 299 g/mol. The molecule has 1 atom stereocenters. The fourth-order valence-corrected chi connectivity index (χ4v) is 2.70. The molecule has 2 N–H and O–H groups in total. The van der Waals surface area contributed by atoms with E-state index >= 15 is 0 Å². The lowest BCUT2D eigenvalue weighted by molar-refractivity contribution is 0.614. The van der Waals surface area contributed by atoms with E-state index in [0.717, 1.165) is 10.4 Å². The van der Waals surface area contributed by atoms with Crippen molar-refractivity contribution in [3.63, 3.8) is 0 Å². The van der Waals surface area contributed by atoms with Crippen LogP contribution in [-0.4, -0.2) is 0 Å². The summed E-state index contributed by atoms with van der Waals surface area (Å²) in [6, 6.07) is 8.93. The first-order chi connectivity index (χ1) is 7.68. The second-order valence-electron chi connectivity index (χ2n) is 3.54. The molecule has 1 nitrogen and oxygen atoms in total. The number of thiophene rings is 1. The van der Waals surface area contributed by atoms with Crippen LogP contribution in [0.2, 0.25) is 0 Å². The molecule has 16 heavy (non-hydrogen) atoms. The number of halogens is 2. The summed E-state index contributed by atoms with van der Waals surface area (Å²) < 4.78 is 13.8. The Balaban J connectivity index is 2.18. The number of nitrogens with two attached hydrogens (primary N) is 1. The lowest BCUT2D eigenvalue weighted by Crippen LogP contribution is -2.12. The zero-order valence-corrected chi connectivity index (χ0v) is 10.9. The number of benzene rings is 1. The molecule has 1 aromatic heterocycles. The van der Waals surface area contributed by atoms with Crippen LogP contribution in [-0.2, 0) is 6.42 Å². The van der Waals surface area contributed by atoms with Gasteiger partial charge in [-0.2, -0.15) is 0 Å². The van der Waals surface area contributed by atoms with E-state index < -0.39 is 0 Å². The van der Waals surface area contributed by atoms with Gasteiger partial charge in [-0.05, 0) is 45.4 Å². The number of hydrogen-bond donors (Lipinski definition) is 1. The predicted molar refractivity (Wildman–Crippen MR) is 69.1 cm³/mol. The average Bonchev–Trinajstić information content (AvgIpc) is 2.78. The van der Waals surface area contributed by atoms with Gasteiger partial charge in [0.25, 0.3) is 0 Å². The van der Waals surface area contributed by atoms with Gasteiger partial charge < -0.3 is 5.73 Å². The van der Waals surface area contributed by atoms with Crippen LogP contribution in [0.1, 0.15) is 16.5 Å². The third-order valence-corrected chi connectivity index (χ3v) is 4.27. The van der Waals surface area contributed by atoms with Crippen molar-refractivity contribution in [2.75, 3.05) is 0 Å². The molecule has 84 valence electrons. The van der Waals surface area contributed by atoms with Gasteiger partial charge in [-0.15, -0.1) is 11.3 Å². The Bertz CT molecular complexity index is 470. The van der Waals surface area contributed by atoms with Crippen LogP contribution in [0.3, 0.4) is 0 Å². The molecule has 1 aromatic carbocycles. The van der Waals surface area contributed by atoms with Gasteiger partial charge in [0, 0.05) is 10.9 Å². The molecular formula is C12H11BrFNS. The minimum absolute atomic E-state index is 0.0712. The highest BCUT2D eigenvalue weighted by Crippen LogP contribution is 2.26. The van der Waals surface area contributed by atoms with E-state index in [1.165, 1.54) is 6.07 Å². The van der Waals surface area contributed by atoms with Crippen molar-refractivity contribution in [1.82, 2.24) is 0 Å². The van der Waals surface area contributed by atoms with Crippen molar-refractivity contribution in [2.24, 2.45) is 5.73 Å². The maximum absolute atomic E-state index is 13.3. The smallest absolute Gasteiger partial charge is 0.137 e. The Kier molecular flexibility index (Phi) is 3.74. The van der Waals surface area contributed by atoms with Gasteiger partial charge in [0.15, 0.2) is 0 Å². The molecule has 0 fully saturated rings. The van der Waals surface area contributed by atoms with E-state index in [2.05, 4.69) is 15.9 Å². The molecule has 0 aliphatic rings. The van der Waals surface area contributed by atoms with Gasteiger partial charge in [-0.3, -0.25) is 0 Å². The summed E-state index contributed by atoms with van der Waals surface area (Å²) in [4.78, 5) is 1.12. The Hall–Kier alpha value is -0.710. The Labute approximate surface area is 106 Å². The molecule has 0 saturated carbocycles. The van der Waals surface area contributed by atoms with Crippen LogP contribution in [0.5, 0.6) is 0 Å². The summed E-state index contributed by atoms with van der Waals surface area (Å²) in [6.07, 6.45) is 0.638. The summed E-state index contributed by atoms with van der Waals surface area (Å²) in [5.41, 5.74) is 6.96. The minimum Gasteiger partial charge on any atom is -0.323 e. The Morgan fingerprint density at radius 3 is 2.81 bits per heavy atom. The maximum atomic E-state index is 13.3. The van der Waals surface area contributed by atoms with Gasteiger partial charge >= 0.3 is 0 Å². The van der Waals surface area contributed by atoms with Gasteiger partial charge in [0.1, 0.15) is 5.82 Å². The van der Waals surface area contributed by atoms with Gasteiger partial charge in [-0.25, -0.2) is 4.39 Å². The normalized spacial score (nSPS) is 12.7. The Morgan fingerprint density at radius 2 is 2.12 bits per heavy atom. The van der Waals surface area contributed by atoms with E-state index in [9.17, 15) is 4.39 Å². The van der Waals surface area contributed by atoms with Crippen molar-refractivity contribution in [3.05, 3.63) is 56.4 Å². The van der Waals surface area contributed by atoms with Crippen molar-refractivity contribution in [1.29, 1.82) is 0 Å².